The van der Waals surface area contributed by atoms with Crippen molar-refractivity contribution in [3.63, 3.8) is 0 Å². The zero-order valence-corrected chi connectivity index (χ0v) is 17.5. The summed E-state index contributed by atoms with van der Waals surface area (Å²) in [7, 11) is 0. The van der Waals surface area contributed by atoms with Crippen molar-refractivity contribution in [1.82, 2.24) is 15.3 Å². The summed E-state index contributed by atoms with van der Waals surface area (Å²) in [5.74, 6) is 0.948. The molecule has 2 aromatic rings. The van der Waals surface area contributed by atoms with Crippen LogP contribution in [-0.4, -0.2) is 53.5 Å². The summed E-state index contributed by atoms with van der Waals surface area (Å²) in [5, 5.41) is 3.36. The highest BCUT2D eigenvalue weighted by Crippen LogP contribution is 2.39. The largest absolute Gasteiger partial charge is 0.474 e. The fraction of sp³-hybridized carbons (Fsp3) is 0.650. The average molecular weight is 424 g/mol. The van der Waals surface area contributed by atoms with Crippen LogP contribution in [0.4, 0.5) is 4.39 Å². The highest BCUT2D eigenvalue weighted by Gasteiger charge is 2.46. The van der Waals surface area contributed by atoms with Crippen LogP contribution in [-0.2, 0) is 9.53 Å². The molecule has 9 heteroatoms. The first-order valence-electron chi connectivity index (χ1n) is 9.99. The maximum atomic E-state index is 14.7. The molecule has 0 spiro atoms. The summed E-state index contributed by atoms with van der Waals surface area (Å²) in [5.41, 5.74) is -0.654. The fourth-order valence-electron chi connectivity index (χ4n) is 3.26. The topological polar surface area (TPSA) is 82.6 Å². The van der Waals surface area contributed by atoms with Crippen LogP contribution >= 0.6 is 11.3 Å². The van der Waals surface area contributed by atoms with E-state index in [4.69, 9.17) is 14.2 Å². The molecule has 0 aromatic carbocycles. The van der Waals surface area contributed by atoms with Gasteiger partial charge in [-0.3, -0.25) is 4.79 Å². The molecule has 2 heterocycles. The van der Waals surface area contributed by atoms with Crippen molar-refractivity contribution in [2.45, 2.75) is 57.3 Å². The minimum atomic E-state index is -1.41. The first kappa shape index (κ1) is 20.3. The second-order valence-corrected chi connectivity index (χ2v) is 9.05. The van der Waals surface area contributed by atoms with E-state index in [9.17, 15) is 9.18 Å². The number of rotatable bonds is 10. The standard InChI is InChI=1S/C20H26FN3O4S/c1-12(22-13(2)25)9-26-15-7-20(21,8-15)11-28-17-6-5-16-18(24-17)29-19(23-16)27-10-14-3-4-14/h5-6,12,14-15H,3-4,7-11H2,1-2H3,(H,22,25)/t12-,15?,20?/m0/s1. The molecule has 1 amide bonds. The van der Waals surface area contributed by atoms with Gasteiger partial charge >= 0.3 is 0 Å². The quantitative estimate of drug-likeness (QED) is 0.632. The number of hydrogen-bond donors (Lipinski definition) is 1. The van der Waals surface area contributed by atoms with Crippen molar-refractivity contribution in [2.24, 2.45) is 5.92 Å². The van der Waals surface area contributed by atoms with Gasteiger partial charge in [0.25, 0.3) is 5.19 Å². The molecule has 0 unspecified atom stereocenters. The number of hydrogen-bond acceptors (Lipinski definition) is 7. The van der Waals surface area contributed by atoms with E-state index in [0.29, 0.717) is 30.2 Å². The summed E-state index contributed by atoms with van der Waals surface area (Å²) in [6, 6.07) is 3.43. The minimum absolute atomic E-state index is 0.0591. The molecule has 0 aliphatic heterocycles. The van der Waals surface area contributed by atoms with Crippen molar-refractivity contribution in [1.29, 1.82) is 0 Å². The van der Waals surface area contributed by atoms with Crippen LogP contribution in [0, 0.1) is 5.92 Å². The van der Waals surface area contributed by atoms with E-state index in [1.807, 2.05) is 13.0 Å². The lowest BCUT2D eigenvalue weighted by molar-refractivity contribution is -0.125. The van der Waals surface area contributed by atoms with Gasteiger partial charge in [0.1, 0.15) is 17.8 Å². The summed E-state index contributed by atoms with van der Waals surface area (Å²) < 4.78 is 31.7. The molecule has 7 nitrogen and oxygen atoms in total. The van der Waals surface area contributed by atoms with Crippen LogP contribution in [0.5, 0.6) is 11.1 Å². The third-order valence-corrected chi connectivity index (χ3v) is 5.92. The van der Waals surface area contributed by atoms with Crippen LogP contribution in [0.3, 0.4) is 0 Å². The molecule has 1 atom stereocenters. The van der Waals surface area contributed by atoms with Gasteiger partial charge in [-0.05, 0) is 31.7 Å². The normalized spacial score (nSPS) is 24.7. The van der Waals surface area contributed by atoms with Gasteiger partial charge in [-0.15, -0.1) is 0 Å². The van der Waals surface area contributed by atoms with Gasteiger partial charge in [0.2, 0.25) is 11.8 Å². The minimum Gasteiger partial charge on any atom is -0.474 e. The third kappa shape index (κ3) is 5.54. The number of pyridine rings is 1. The van der Waals surface area contributed by atoms with Crippen molar-refractivity contribution in [3.8, 4) is 11.1 Å². The van der Waals surface area contributed by atoms with Gasteiger partial charge in [-0.25, -0.2) is 14.4 Å². The van der Waals surface area contributed by atoms with Gasteiger partial charge in [0.05, 0.1) is 19.3 Å². The summed E-state index contributed by atoms with van der Waals surface area (Å²) >= 11 is 1.38. The van der Waals surface area contributed by atoms with Crippen molar-refractivity contribution >= 4 is 27.6 Å². The van der Waals surface area contributed by atoms with Crippen LogP contribution in [0.15, 0.2) is 12.1 Å². The zero-order chi connectivity index (χ0) is 20.4. The van der Waals surface area contributed by atoms with E-state index in [0.717, 1.165) is 10.3 Å². The fourth-order valence-corrected chi connectivity index (χ4v) is 4.05. The Morgan fingerprint density at radius 2 is 2.14 bits per heavy atom. The van der Waals surface area contributed by atoms with Crippen LogP contribution < -0.4 is 14.8 Å². The molecule has 158 valence electrons. The summed E-state index contributed by atoms with van der Waals surface area (Å²) in [6.45, 7) is 4.34. The predicted molar refractivity (Wildman–Crippen MR) is 107 cm³/mol. The number of aromatic nitrogens is 2. The molecule has 0 bridgehead atoms. The Labute approximate surface area is 173 Å². The molecule has 2 fully saturated rings. The summed E-state index contributed by atoms with van der Waals surface area (Å²) in [6.07, 6.45) is 2.87. The Morgan fingerprint density at radius 1 is 1.34 bits per heavy atom. The smallest absolute Gasteiger partial charge is 0.275 e. The molecule has 2 saturated carbocycles. The molecule has 0 saturated heterocycles. The molecular weight excluding hydrogens is 397 g/mol. The number of ether oxygens (including phenoxy) is 3. The Kier molecular flexibility index (Phi) is 5.87. The van der Waals surface area contributed by atoms with Crippen molar-refractivity contribution in [2.75, 3.05) is 19.8 Å². The highest BCUT2D eigenvalue weighted by atomic mass is 32.1. The number of alkyl halides is 1. The molecule has 29 heavy (non-hydrogen) atoms. The number of nitrogens with zero attached hydrogens (tertiary/aromatic N) is 2. The van der Waals surface area contributed by atoms with Gasteiger partial charge in [-0.2, -0.15) is 0 Å². The number of thiazole rings is 1. The van der Waals surface area contributed by atoms with Gasteiger partial charge in [0.15, 0.2) is 4.83 Å². The van der Waals surface area contributed by atoms with Gasteiger partial charge in [0, 0.05) is 31.9 Å². The van der Waals surface area contributed by atoms with Crippen LogP contribution in [0.2, 0.25) is 0 Å². The zero-order valence-electron chi connectivity index (χ0n) is 16.7. The second kappa shape index (κ2) is 8.39. The van der Waals surface area contributed by atoms with Gasteiger partial charge in [-0.1, -0.05) is 11.3 Å². The lowest BCUT2D eigenvalue weighted by atomic mass is 9.79. The molecule has 2 aliphatic carbocycles. The highest BCUT2D eigenvalue weighted by molar-refractivity contribution is 7.19. The number of carbonyl (C=O) groups excluding carboxylic acids is 1. The lowest BCUT2D eigenvalue weighted by Gasteiger charge is -2.40. The van der Waals surface area contributed by atoms with E-state index < -0.39 is 5.67 Å². The SMILES string of the molecule is CC(=O)N[C@@H](C)COC1CC(F)(COc2ccc3nc(OCC4CC4)sc3n2)C1. The number of halogens is 1. The lowest BCUT2D eigenvalue weighted by Crippen LogP contribution is -2.50. The average Bonchev–Trinajstić information content (AvgIpc) is 3.38. The Balaban J connectivity index is 1.22. The monoisotopic (exact) mass is 423 g/mol. The Morgan fingerprint density at radius 3 is 2.86 bits per heavy atom. The number of fused-ring (bicyclic) bond motifs is 1. The number of amides is 1. The second-order valence-electron chi connectivity index (χ2n) is 8.11. The van der Waals surface area contributed by atoms with Gasteiger partial charge < -0.3 is 19.5 Å². The van der Waals surface area contributed by atoms with Crippen molar-refractivity contribution < 1.29 is 23.4 Å². The number of nitrogens with one attached hydrogen (secondary N) is 1. The van der Waals surface area contributed by atoms with E-state index in [2.05, 4.69) is 15.3 Å². The molecule has 2 aliphatic rings. The van der Waals surface area contributed by atoms with E-state index in [-0.39, 0.29) is 37.5 Å². The van der Waals surface area contributed by atoms with E-state index in [1.54, 1.807) is 6.07 Å². The van der Waals surface area contributed by atoms with E-state index in [1.165, 1.54) is 31.1 Å². The van der Waals surface area contributed by atoms with Crippen molar-refractivity contribution in [3.05, 3.63) is 12.1 Å². The maximum Gasteiger partial charge on any atom is 0.275 e. The van der Waals surface area contributed by atoms with Crippen LogP contribution in [0.25, 0.3) is 10.3 Å². The summed E-state index contributed by atoms with van der Waals surface area (Å²) in [4.78, 5) is 20.6. The molecule has 0 radical (unpaired) electrons. The first-order chi connectivity index (χ1) is 13.9. The first-order valence-corrected chi connectivity index (χ1v) is 10.8. The number of carbonyl (C=O) groups is 1. The molecule has 2 aromatic heterocycles. The maximum absolute atomic E-state index is 14.7. The van der Waals surface area contributed by atoms with Crippen LogP contribution in [0.1, 0.15) is 39.5 Å². The molecular formula is C20H26FN3O4S. The Hall–Kier alpha value is -2.00. The third-order valence-electron chi connectivity index (χ3n) is 5.05. The Bertz CT molecular complexity index is 867. The molecule has 4 rings (SSSR count). The molecule has 1 N–H and O–H groups in total. The van der Waals surface area contributed by atoms with E-state index >= 15 is 0 Å². The predicted octanol–water partition coefficient (Wildman–Crippen LogP) is 3.27.